The molecule has 0 spiro atoms. The van der Waals surface area contributed by atoms with Gasteiger partial charge in [0.25, 0.3) is 5.91 Å². The Labute approximate surface area is 132 Å². The number of piperazine rings is 1. The maximum atomic E-state index is 12.4. The molecule has 1 aliphatic heterocycles. The minimum absolute atomic E-state index is 0.0892. The zero-order chi connectivity index (χ0) is 16.2. The molecule has 7 nitrogen and oxygen atoms in total. The molecule has 0 atom stereocenters. The first-order valence-electron chi connectivity index (χ1n) is 7.26. The number of rotatable bonds is 2. The normalized spacial score (nSPS) is 14.4. The molecule has 0 bridgehead atoms. The Kier molecular flexibility index (Phi) is 4.06. The Morgan fingerprint density at radius 1 is 1.17 bits per heavy atom. The summed E-state index contributed by atoms with van der Waals surface area (Å²) < 4.78 is 0. The molecule has 1 fully saturated rings. The average molecular weight is 309 g/mol. The molecule has 3 rings (SSSR count). The fourth-order valence-corrected chi connectivity index (χ4v) is 2.50. The van der Waals surface area contributed by atoms with Crippen LogP contribution in [0.1, 0.15) is 15.9 Å². The lowest BCUT2D eigenvalue weighted by molar-refractivity contribution is 0.0746. The third-order valence-electron chi connectivity index (χ3n) is 3.80. The predicted octanol–water partition coefficient (Wildman–Crippen LogP) is 0.604. The van der Waals surface area contributed by atoms with Crippen LogP contribution >= 0.6 is 0 Å². The summed E-state index contributed by atoms with van der Waals surface area (Å²) in [7, 11) is 0. The molecule has 0 aromatic carbocycles. The van der Waals surface area contributed by atoms with Crippen LogP contribution in [0.25, 0.3) is 0 Å². The molecule has 0 saturated carbocycles. The maximum Gasteiger partial charge on any atom is 0.255 e. The van der Waals surface area contributed by atoms with Gasteiger partial charge in [0.05, 0.1) is 11.1 Å². The maximum absolute atomic E-state index is 12.4. The van der Waals surface area contributed by atoms with Gasteiger partial charge < -0.3 is 14.8 Å². The largest absolute Gasteiger partial charge is 0.353 e. The van der Waals surface area contributed by atoms with Crippen LogP contribution < -0.4 is 10.5 Å². The number of carbonyl (C=O) groups excluding carboxylic acids is 1. The number of carbonyl (C=O) groups is 1. The first kappa shape index (κ1) is 14.8. The molecular formula is C16H15N5O2. The van der Waals surface area contributed by atoms with Crippen LogP contribution in [0.2, 0.25) is 0 Å². The number of nitrogens with one attached hydrogen (secondary N) is 1. The zero-order valence-corrected chi connectivity index (χ0v) is 12.4. The van der Waals surface area contributed by atoms with Crippen molar-refractivity contribution in [3.63, 3.8) is 0 Å². The fraction of sp³-hybridized carbons (Fsp3) is 0.250. The van der Waals surface area contributed by atoms with E-state index in [1.807, 2.05) is 12.1 Å². The Balaban J connectivity index is 1.63. The highest BCUT2D eigenvalue weighted by molar-refractivity contribution is 5.94. The number of nitriles is 1. The van der Waals surface area contributed by atoms with E-state index in [9.17, 15) is 9.59 Å². The van der Waals surface area contributed by atoms with Crippen molar-refractivity contribution >= 4 is 11.7 Å². The number of H-pyrrole nitrogens is 1. The number of aromatic nitrogens is 2. The molecule has 3 heterocycles. The number of amides is 1. The first-order chi connectivity index (χ1) is 11.2. The van der Waals surface area contributed by atoms with Crippen LogP contribution in [0.3, 0.4) is 0 Å². The van der Waals surface area contributed by atoms with Crippen LogP contribution in [0.4, 0.5) is 5.82 Å². The van der Waals surface area contributed by atoms with Gasteiger partial charge in [-0.05, 0) is 18.2 Å². The van der Waals surface area contributed by atoms with Gasteiger partial charge in [-0.15, -0.1) is 0 Å². The van der Waals surface area contributed by atoms with Gasteiger partial charge in [0, 0.05) is 44.6 Å². The number of hydrogen-bond donors (Lipinski definition) is 1. The van der Waals surface area contributed by atoms with Gasteiger partial charge in [0.2, 0.25) is 5.56 Å². The molecule has 2 aromatic rings. The molecule has 1 N–H and O–H groups in total. The Hall–Kier alpha value is -3.14. The van der Waals surface area contributed by atoms with Crippen molar-refractivity contribution in [2.75, 3.05) is 31.1 Å². The van der Waals surface area contributed by atoms with Crippen molar-refractivity contribution in [2.45, 2.75) is 0 Å². The van der Waals surface area contributed by atoms with Crippen molar-refractivity contribution in [3.05, 3.63) is 58.1 Å². The second-order valence-electron chi connectivity index (χ2n) is 5.24. The van der Waals surface area contributed by atoms with Crippen molar-refractivity contribution in [1.82, 2.24) is 14.9 Å². The van der Waals surface area contributed by atoms with Crippen molar-refractivity contribution in [3.8, 4) is 6.07 Å². The van der Waals surface area contributed by atoms with E-state index in [0.717, 1.165) is 5.82 Å². The van der Waals surface area contributed by atoms with Crippen LogP contribution in [-0.2, 0) is 0 Å². The van der Waals surface area contributed by atoms with Gasteiger partial charge in [-0.1, -0.05) is 0 Å². The van der Waals surface area contributed by atoms with E-state index in [4.69, 9.17) is 5.26 Å². The van der Waals surface area contributed by atoms with E-state index in [-0.39, 0.29) is 11.5 Å². The van der Waals surface area contributed by atoms with E-state index < -0.39 is 0 Å². The van der Waals surface area contributed by atoms with Crippen molar-refractivity contribution in [2.24, 2.45) is 0 Å². The van der Waals surface area contributed by atoms with E-state index in [0.29, 0.717) is 37.3 Å². The second kappa shape index (κ2) is 6.32. The number of nitrogens with zero attached hydrogens (tertiary/aromatic N) is 4. The number of aromatic amines is 1. The SMILES string of the molecule is N#Cc1ccc(N2CCN(C(=O)c3ccc(=O)[nH]c3)CC2)nc1. The van der Waals surface area contributed by atoms with Crippen molar-refractivity contribution in [1.29, 1.82) is 5.26 Å². The first-order valence-corrected chi connectivity index (χ1v) is 7.26. The summed E-state index contributed by atoms with van der Waals surface area (Å²) in [5.41, 5.74) is 0.786. The summed E-state index contributed by atoms with van der Waals surface area (Å²) in [6, 6.07) is 8.48. The summed E-state index contributed by atoms with van der Waals surface area (Å²) in [5.74, 6) is 0.717. The lowest BCUT2D eigenvalue weighted by atomic mass is 10.2. The minimum atomic E-state index is -0.224. The molecule has 1 saturated heterocycles. The van der Waals surface area contributed by atoms with E-state index in [1.54, 1.807) is 17.2 Å². The highest BCUT2D eigenvalue weighted by atomic mass is 16.2. The third-order valence-corrected chi connectivity index (χ3v) is 3.80. The molecule has 0 radical (unpaired) electrons. The Morgan fingerprint density at radius 2 is 1.96 bits per heavy atom. The van der Waals surface area contributed by atoms with E-state index in [2.05, 4.69) is 14.9 Å². The van der Waals surface area contributed by atoms with Gasteiger partial charge in [0.1, 0.15) is 11.9 Å². The quantitative estimate of drug-likeness (QED) is 0.877. The van der Waals surface area contributed by atoms with Gasteiger partial charge >= 0.3 is 0 Å². The van der Waals surface area contributed by atoms with E-state index >= 15 is 0 Å². The van der Waals surface area contributed by atoms with Gasteiger partial charge in [0.15, 0.2) is 0 Å². The molecule has 0 unspecified atom stereocenters. The topological polar surface area (TPSA) is 93.1 Å². The van der Waals surface area contributed by atoms with Crippen LogP contribution in [0.15, 0.2) is 41.5 Å². The fourth-order valence-electron chi connectivity index (χ4n) is 2.50. The summed E-state index contributed by atoms with van der Waals surface area (Å²) in [5, 5.41) is 8.79. The van der Waals surface area contributed by atoms with Gasteiger partial charge in [-0.3, -0.25) is 9.59 Å². The van der Waals surface area contributed by atoms with E-state index in [1.165, 1.54) is 18.3 Å². The lowest BCUT2D eigenvalue weighted by Gasteiger charge is -2.35. The molecule has 2 aromatic heterocycles. The molecule has 1 aliphatic rings. The Bertz CT molecular complexity index is 778. The number of anilines is 1. The molecular weight excluding hydrogens is 294 g/mol. The predicted molar refractivity (Wildman–Crippen MR) is 84.1 cm³/mol. The third kappa shape index (κ3) is 3.21. The lowest BCUT2D eigenvalue weighted by Crippen LogP contribution is -2.49. The number of pyridine rings is 2. The summed E-state index contributed by atoms with van der Waals surface area (Å²) >= 11 is 0. The van der Waals surface area contributed by atoms with Crippen LogP contribution in [0, 0.1) is 11.3 Å². The van der Waals surface area contributed by atoms with Crippen LogP contribution in [0.5, 0.6) is 0 Å². The van der Waals surface area contributed by atoms with Crippen molar-refractivity contribution < 1.29 is 4.79 Å². The highest BCUT2D eigenvalue weighted by Gasteiger charge is 2.22. The molecule has 0 aliphatic carbocycles. The summed E-state index contributed by atoms with van der Waals surface area (Å²) in [6.07, 6.45) is 2.99. The summed E-state index contributed by atoms with van der Waals surface area (Å²) in [6.45, 7) is 2.52. The number of hydrogen-bond acceptors (Lipinski definition) is 5. The minimum Gasteiger partial charge on any atom is -0.353 e. The zero-order valence-electron chi connectivity index (χ0n) is 12.4. The molecule has 116 valence electrons. The second-order valence-corrected chi connectivity index (χ2v) is 5.24. The van der Waals surface area contributed by atoms with Crippen LogP contribution in [-0.4, -0.2) is 47.0 Å². The summed E-state index contributed by atoms with van der Waals surface area (Å²) in [4.78, 5) is 34.0. The van der Waals surface area contributed by atoms with Gasteiger partial charge in [-0.2, -0.15) is 5.26 Å². The standard InChI is InChI=1S/C16H15N5O2/c17-9-12-1-3-14(18-10-12)20-5-7-21(8-6-20)16(23)13-2-4-15(22)19-11-13/h1-4,10-11H,5-8H2,(H,19,22). The highest BCUT2D eigenvalue weighted by Crippen LogP contribution is 2.15. The average Bonchev–Trinajstić information content (AvgIpc) is 2.62. The monoisotopic (exact) mass is 309 g/mol. The molecule has 23 heavy (non-hydrogen) atoms. The smallest absolute Gasteiger partial charge is 0.255 e. The van der Waals surface area contributed by atoms with Gasteiger partial charge in [-0.25, -0.2) is 4.98 Å². The molecule has 7 heteroatoms. The molecule has 1 amide bonds. The Morgan fingerprint density at radius 3 is 2.52 bits per heavy atom.